The van der Waals surface area contributed by atoms with E-state index in [1.807, 2.05) is 0 Å². The molecule has 12 heteroatoms. The maximum Gasteiger partial charge on any atom is 0.352 e. The lowest BCUT2D eigenvalue weighted by Gasteiger charge is -2.54. The van der Waals surface area contributed by atoms with Crippen LogP contribution >= 0.6 is 15.9 Å². The van der Waals surface area contributed by atoms with Crippen LogP contribution in [-0.4, -0.2) is 70.1 Å². The Hall–Kier alpha value is -2.60. The minimum atomic E-state index is -1.63. The van der Waals surface area contributed by atoms with Crippen molar-refractivity contribution in [2.45, 2.75) is 37.0 Å². The number of fused-ring (bicyclic) bond motifs is 1. The van der Waals surface area contributed by atoms with Gasteiger partial charge in [-0.25, -0.2) is 9.80 Å². The first-order valence-electron chi connectivity index (χ1n) is 9.39. The van der Waals surface area contributed by atoms with Crippen molar-refractivity contribution < 1.29 is 23.7 Å². The Balaban J connectivity index is 1.77. The van der Waals surface area contributed by atoms with Gasteiger partial charge in [0.1, 0.15) is 22.8 Å². The lowest BCUT2D eigenvalue weighted by Crippen LogP contribution is -2.76. The van der Waals surface area contributed by atoms with E-state index in [1.54, 1.807) is 44.2 Å². The predicted molar refractivity (Wildman–Crippen MR) is 114 cm³/mol. The van der Waals surface area contributed by atoms with Crippen LogP contribution in [-0.2, 0) is 25.2 Å². The molecular weight excluding hydrogens is 492 g/mol. The van der Waals surface area contributed by atoms with Gasteiger partial charge >= 0.3 is 5.97 Å². The molecule has 2 unspecified atom stereocenters. The molecule has 3 heterocycles. The highest BCUT2D eigenvalue weighted by molar-refractivity contribution is 9.09. The number of rotatable bonds is 5. The Labute approximate surface area is 188 Å². The number of benzene rings is 1. The Bertz CT molecular complexity index is 1050. The van der Waals surface area contributed by atoms with Gasteiger partial charge in [0, 0.05) is 5.33 Å². The molecule has 2 fully saturated rings. The minimum Gasteiger partial charge on any atom is -0.477 e. The Morgan fingerprint density at radius 1 is 1.26 bits per heavy atom. The van der Waals surface area contributed by atoms with Crippen LogP contribution in [0.1, 0.15) is 25.5 Å². The van der Waals surface area contributed by atoms with Crippen molar-refractivity contribution in [2.24, 2.45) is 5.29 Å². The molecule has 0 radical (unpaired) electrons. The van der Waals surface area contributed by atoms with Crippen LogP contribution in [0.3, 0.4) is 0 Å². The summed E-state index contributed by atoms with van der Waals surface area (Å²) in [7, 11) is -1.63. The second-order valence-electron chi connectivity index (χ2n) is 7.90. The van der Waals surface area contributed by atoms with Crippen molar-refractivity contribution in [1.82, 2.24) is 14.8 Å². The quantitative estimate of drug-likeness (QED) is 0.359. The molecule has 1 aromatic rings. The lowest BCUT2D eigenvalue weighted by molar-refractivity contribution is -0.164. The Morgan fingerprint density at radius 3 is 2.45 bits per heavy atom. The third-order valence-electron chi connectivity index (χ3n) is 5.89. The maximum atomic E-state index is 13.5. The summed E-state index contributed by atoms with van der Waals surface area (Å²) < 4.78 is 13.0. The molecule has 0 spiro atoms. The predicted octanol–water partition coefficient (Wildman–Crippen LogP) is 1.32. The zero-order valence-electron chi connectivity index (χ0n) is 16.6. The number of carboxylic acid groups (broad SMARTS) is 1. The van der Waals surface area contributed by atoms with Gasteiger partial charge in [-0.05, 0) is 25.0 Å². The number of nitroso groups, excluding NO2 is 1. The summed E-state index contributed by atoms with van der Waals surface area (Å²) in [5, 5.41) is 12.9. The van der Waals surface area contributed by atoms with Gasteiger partial charge in [0.2, 0.25) is 0 Å². The SMILES string of the molecule is CC1(C)N(N=O)C(c2ccccc2)C(=O)N1[C@@H]1C(=O)N2C(C(=O)O)=C(CBr)CS(=O)[C@H]12. The molecule has 1 aromatic carbocycles. The van der Waals surface area contributed by atoms with Crippen LogP contribution in [0.5, 0.6) is 0 Å². The zero-order chi connectivity index (χ0) is 22.7. The standard InChI is InChI=1S/C19H19BrN4O6S/c1-19(2)23(16(26)12(24(19)21-29)10-6-4-3-5-7-10)14-15(25)22-13(18(27)28)11(8-20)9-31(30)17(14)22/h3-7,12,14,17H,8-9H2,1-2H3,(H,27,28)/t12?,14-,17-,31?/m1/s1. The molecular formula is C19H19BrN4O6S. The van der Waals surface area contributed by atoms with Crippen LogP contribution in [0.15, 0.2) is 46.9 Å². The zero-order valence-corrected chi connectivity index (χ0v) is 19.0. The number of alkyl halides is 1. The first-order chi connectivity index (χ1) is 14.7. The van der Waals surface area contributed by atoms with Gasteiger partial charge in [-0.15, -0.1) is 4.91 Å². The van der Waals surface area contributed by atoms with Crippen LogP contribution < -0.4 is 0 Å². The molecule has 3 aliphatic heterocycles. The van der Waals surface area contributed by atoms with Crippen molar-refractivity contribution >= 4 is 44.5 Å². The van der Waals surface area contributed by atoms with Crippen LogP contribution in [0.25, 0.3) is 0 Å². The van der Waals surface area contributed by atoms with E-state index in [9.17, 15) is 28.6 Å². The van der Waals surface area contributed by atoms with E-state index in [2.05, 4.69) is 21.2 Å². The highest BCUT2D eigenvalue weighted by Crippen LogP contribution is 2.47. The van der Waals surface area contributed by atoms with Crippen molar-refractivity contribution in [2.75, 3.05) is 11.1 Å². The van der Waals surface area contributed by atoms with Crippen molar-refractivity contribution in [3.63, 3.8) is 0 Å². The number of halogens is 1. The normalized spacial score (nSPS) is 29.7. The van der Waals surface area contributed by atoms with E-state index < -0.39 is 51.7 Å². The number of nitrogens with zero attached hydrogens (tertiary/aromatic N) is 4. The molecule has 4 rings (SSSR count). The average Bonchev–Trinajstić information content (AvgIpc) is 2.93. The van der Waals surface area contributed by atoms with Gasteiger partial charge in [-0.3, -0.25) is 18.7 Å². The molecule has 0 saturated carbocycles. The molecule has 4 atom stereocenters. The first-order valence-corrected chi connectivity index (χ1v) is 11.9. The molecule has 164 valence electrons. The van der Waals surface area contributed by atoms with Gasteiger partial charge in [-0.2, -0.15) is 0 Å². The van der Waals surface area contributed by atoms with E-state index >= 15 is 0 Å². The van der Waals surface area contributed by atoms with E-state index in [1.165, 1.54) is 4.90 Å². The molecule has 2 saturated heterocycles. The molecule has 31 heavy (non-hydrogen) atoms. The number of β-lactam (4-membered cyclic amide) rings is 1. The van der Waals surface area contributed by atoms with E-state index in [-0.39, 0.29) is 16.8 Å². The molecule has 1 N–H and O–H groups in total. The summed E-state index contributed by atoms with van der Waals surface area (Å²) in [6.07, 6.45) is 0. The average molecular weight is 511 g/mol. The number of carbonyl (C=O) groups is 3. The lowest BCUT2D eigenvalue weighted by atomic mass is 9.98. The van der Waals surface area contributed by atoms with Crippen molar-refractivity contribution in [3.05, 3.63) is 52.1 Å². The van der Waals surface area contributed by atoms with Crippen LogP contribution in [0.2, 0.25) is 0 Å². The van der Waals surface area contributed by atoms with Crippen LogP contribution in [0, 0.1) is 4.91 Å². The highest BCUT2D eigenvalue weighted by Gasteiger charge is 2.66. The van der Waals surface area contributed by atoms with Gasteiger partial charge in [0.15, 0.2) is 6.04 Å². The van der Waals surface area contributed by atoms with Crippen molar-refractivity contribution in [1.29, 1.82) is 0 Å². The molecule has 0 bridgehead atoms. The Kier molecular flexibility index (Phi) is 5.24. The third-order valence-corrected chi connectivity index (χ3v) is 8.21. The number of aliphatic carboxylic acids is 1. The molecule has 3 aliphatic rings. The summed E-state index contributed by atoms with van der Waals surface area (Å²) in [5.41, 5.74) is -0.626. The fraction of sp³-hybridized carbons (Fsp3) is 0.421. The minimum absolute atomic E-state index is 0.0297. The number of carbonyl (C=O) groups excluding carboxylic acids is 2. The van der Waals surface area contributed by atoms with E-state index in [4.69, 9.17) is 0 Å². The number of amides is 2. The number of hydrogen-bond acceptors (Lipinski definition) is 6. The van der Waals surface area contributed by atoms with Gasteiger partial charge < -0.3 is 10.0 Å². The number of carboxylic acids is 1. The third kappa shape index (κ3) is 2.95. The smallest absolute Gasteiger partial charge is 0.352 e. The van der Waals surface area contributed by atoms with Crippen molar-refractivity contribution in [3.8, 4) is 0 Å². The molecule has 2 amide bonds. The maximum absolute atomic E-state index is 13.5. The molecule has 0 aromatic heterocycles. The summed E-state index contributed by atoms with van der Waals surface area (Å²) in [6, 6.07) is 6.37. The van der Waals surface area contributed by atoms with Gasteiger partial charge in [-0.1, -0.05) is 46.3 Å². The fourth-order valence-corrected chi connectivity index (χ4v) is 6.96. The summed E-state index contributed by atoms with van der Waals surface area (Å²) >= 11 is 3.19. The second-order valence-corrected chi connectivity index (χ2v) is 10.00. The van der Waals surface area contributed by atoms with Crippen LogP contribution in [0.4, 0.5) is 0 Å². The molecule has 10 nitrogen and oxygen atoms in total. The second kappa shape index (κ2) is 7.52. The van der Waals surface area contributed by atoms with E-state index in [0.717, 1.165) is 9.91 Å². The highest BCUT2D eigenvalue weighted by atomic mass is 79.9. The largest absolute Gasteiger partial charge is 0.477 e. The summed E-state index contributed by atoms with van der Waals surface area (Å²) in [4.78, 5) is 52.4. The topological polar surface area (TPSA) is 128 Å². The molecule has 0 aliphatic carbocycles. The van der Waals surface area contributed by atoms with Gasteiger partial charge in [0.05, 0.1) is 21.8 Å². The van der Waals surface area contributed by atoms with Gasteiger partial charge in [0.25, 0.3) is 11.8 Å². The number of hydrogen-bond donors (Lipinski definition) is 1. The first kappa shape index (κ1) is 21.6. The fourth-order valence-electron chi connectivity index (χ4n) is 4.51. The Morgan fingerprint density at radius 2 is 1.90 bits per heavy atom. The van der Waals surface area contributed by atoms with E-state index in [0.29, 0.717) is 11.1 Å². The monoisotopic (exact) mass is 510 g/mol. The summed E-state index contributed by atoms with van der Waals surface area (Å²) in [6.45, 7) is 3.16. The summed E-state index contributed by atoms with van der Waals surface area (Å²) in [5.74, 6) is -2.50.